The monoisotopic (exact) mass is 374 g/mol. The van der Waals surface area contributed by atoms with Crippen LogP contribution in [-0.2, 0) is 0 Å². The molecule has 0 bridgehead atoms. The first kappa shape index (κ1) is 17.8. The van der Waals surface area contributed by atoms with Crippen molar-refractivity contribution in [3.05, 3.63) is 78.6 Å². The van der Waals surface area contributed by atoms with E-state index in [0.29, 0.717) is 5.95 Å². The predicted octanol–water partition coefficient (Wildman–Crippen LogP) is 4.13. The number of hydrogen-bond donors (Lipinski definition) is 1. The average Bonchev–Trinajstić information content (AvgIpc) is 3.37. The topological polar surface area (TPSA) is 69.8 Å². The molecule has 2 aromatic carbocycles. The van der Waals surface area contributed by atoms with Gasteiger partial charge in [0.1, 0.15) is 12.1 Å². The Morgan fingerprint density at radius 1 is 1.04 bits per heavy atom. The maximum atomic E-state index is 5.55. The molecule has 7 heteroatoms. The number of anilines is 2. The first-order valence-corrected chi connectivity index (χ1v) is 9.06. The summed E-state index contributed by atoms with van der Waals surface area (Å²) in [7, 11) is 1.65. The molecule has 28 heavy (non-hydrogen) atoms. The number of imidazole rings is 1. The van der Waals surface area contributed by atoms with Gasteiger partial charge in [-0.3, -0.25) is 0 Å². The average molecular weight is 374 g/mol. The van der Waals surface area contributed by atoms with Gasteiger partial charge in [-0.15, -0.1) is 5.10 Å². The molecule has 4 rings (SSSR count). The number of benzene rings is 2. The number of nitrogens with one attached hydrogen (secondary N) is 1. The van der Waals surface area contributed by atoms with Crippen LogP contribution in [0.3, 0.4) is 0 Å². The first-order valence-electron chi connectivity index (χ1n) is 9.06. The van der Waals surface area contributed by atoms with Gasteiger partial charge < -0.3 is 14.6 Å². The molecule has 1 N–H and O–H groups in total. The minimum absolute atomic E-state index is 0.102. The number of nitrogens with zero attached hydrogens (tertiary/aromatic N) is 5. The quantitative estimate of drug-likeness (QED) is 0.549. The lowest BCUT2D eigenvalue weighted by atomic mass is 10.1. The van der Waals surface area contributed by atoms with E-state index in [2.05, 4.69) is 39.4 Å². The highest BCUT2D eigenvalue weighted by atomic mass is 16.5. The van der Waals surface area contributed by atoms with Gasteiger partial charge in [0, 0.05) is 18.0 Å². The highest BCUT2D eigenvalue weighted by Crippen LogP contribution is 2.28. The molecule has 4 aromatic rings. The normalized spacial score (nSPS) is 12.0. The molecule has 0 saturated heterocycles. The fourth-order valence-electron chi connectivity index (χ4n) is 3.05. The number of methoxy groups -OCH3 is 1. The zero-order chi connectivity index (χ0) is 19.5. The lowest BCUT2D eigenvalue weighted by Gasteiger charge is -2.12. The second kappa shape index (κ2) is 7.56. The lowest BCUT2D eigenvalue weighted by Crippen LogP contribution is -2.07. The van der Waals surface area contributed by atoms with Crippen molar-refractivity contribution in [1.29, 1.82) is 0 Å². The van der Waals surface area contributed by atoms with E-state index in [1.165, 1.54) is 5.56 Å². The van der Waals surface area contributed by atoms with Gasteiger partial charge in [-0.05, 0) is 31.5 Å². The summed E-state index contributed by atoms with van der Waals surface area (Å²) in [6, 6.07) is 16.2. The third-order valence-corrected chi connectivity index (χ3v) is 4.61. The summed E-state index contributed by atoms with van der Waals surface area (Å²) in [5.74, 6) is 1.27. The van der Waals surface area contributed by atoms with Crippen LogP contribution in [0.5, 0.6) is 5.75 Å². The van der Waals surface area contributed by atoms with E-state index in [1.54, 1.807) is 19.8 Å². The highest BCUT2D eigenvalue weighted by Gasteiger charge is 2.12. The fraction of sp³-hybridized carbons (Fsp3) is 0.190. The molecule has 0 fully saturated rings. The van der Waals surface area contributed by atoms with E-state index in [4.69, 9.17) is 4.74 Å². The van der Waals surface area contributed by atoms with Crippen LogP contribution in [-0.4, -0.2) is 31.4 Å². The van der Waals surface area contributed by atoms with Crippen LogP contribution in [0, 0.1) is 6.92 Å². The molecule has 0 aliphatic heterocycles. The zero-order valence-corrected chi connectivity index (χ0v) is 16.1. The van der Waals surface area contributed by atoms with E-state index in [9.17, 15) is 0 Å². The first-order chi connectivity index (χ1) is 13.6. The summed E-state index contributed by atoms with van der Waals surface area (Å²) in [4.78, 5) is 8.65. The van der Waals surface area contributed by atoms with Crippen LogP contribution in [0.2, 0.25) is 0 Å². The Labute approximate surface area is 163 Å². The molecule has 0 saturated carbocycles. The standard InChI is InChI=1S/C21H22N6O/c1-15-12-26(13-22-15)19-10-9-18(11-20(19)28-3)24-21-23-14-27(25-21)16(2)17-7-5-4-6-8-17/h4-14,16H,1-3H3,(H,24,25). The van der Waals surface area contributed by atoms with Gasteiger partial charge in [0.25, 0.3) is 0 Å². The van der Waals surface area contributed by atoms with Crippen LogP contribution >= 0.6 is 0 Å². The Morgan fingerprint density at radius 2 is 1.86 bits per heavy atom. The van der Waals surface area contributed by atoms with Gasteiger partial charge in [0.15, 0.2) is 0 Å². The molecular formula is C21H22N6O. The Hall–Kier alpha value is -3.61. The summed E-state index contributed by atoms with van der Waals surface area (Å²) >= 11 is 0. The summed E-state index contributed by atoms with van der Waals surface area (Å²) in [5, 5.41) is 7.80. The van der Waals surface area contributed by atoms with Crippen molar-refractivity contribution in [3.63, 3.8) is 0 Å². The molecule has 7 nitrogen and oxygen atoms in total. The summed E-state index contributed by atoms with van der Waals surface area (Å²) in [6.07, 6.45) is 5.47. The maximum Gasteiger partial charge on any atom is 0.246 e. The van der Waals surface area contributed by atoms with Crippen molar-refractivity contribution in [2.75, 3.05) is 12.4 Å². The molecule has 0 aliphatic carbocycles. The molecule has 1 unspecified atom stereocenters. The minimum atomic E-state index is 0.102. The van der Waals surface area contributed by atoms with E-state index < -0.39 is 0 Å². The number of aromatic nitrogens is 5. The Kier molecular flexibility index (Phi) is 4.80. The van der Waals surface area contributed by atoms with Gasteiger partial charge in [-0.25, -0.2) is 14.6 Å². The van der Waals surface area contributed by atoms with Crippen LogP contribution < -0.4 is 10.1 Å². The highest BCUT2D eigenvalue weighted by molar-refractivity contribution is 5.61. The molecule has 0 radical (unpaired) electrons. The second-order valence-electron chi connectivity index (χ2n) is 6.57. The SMILES string of the molecule is COc1cc(Nc2ncn(C(C)c3ccccc3)n2)ccc1-n1cnc(C)c1. The zero-order valence-electron chi connectivity index (χ0n) is 16.1. The van der Waals surface area contributed by atoms with Crippen molar-refractivity contribution < 1.29 is 4.74 Å². The molecule has 0 spiro atoms. The van der Waals surface area contributed by atoms with E-state index in [1.807, 2.05) is 58.8 Å². The van der Waals surface area contributed by atoms with Crippen LogP contribution in [0.1, 0.15) is 24.2 Å². The third-order valence-electron chi connectivity index (χ3n) is 4.61. The summed E-state index contributed by atoms with van der Waals surface area (Å²) in [6.45, 7) is 4.05. The van der Waals surface area contributed by atoms with Gasteiger partial charge in [0.05, 0.1) is 30.9 Å². The van der Waals surface area contributed by atoms with Crippen LogP contribution in [0.25, 0.3) is 5.69 Å². The van der Waals surface area contributed by atoms with Gasteiger partial charge in [-0.2, -0.15) is 0 Å². The molecule has 142 valence electrons. The summed E-state index contributed by atoms with van der Waals surface area (Å²) < 4.78 is 9.34. The van der Waals surface area contributed by atoms with Crippen molar-refractivity contribution in [2.45, 2.75) is 19.9 Å². The fourth-order valence-corrected chi connectivity index (χ4v) is 3.05. The minimum Gasteiger partial charge on any atom is -0.494 e. The molecular weight excluding hydrogens is 352 g/mol. The molecule has 2 heterocycles. The molecule has 1 atom stereocenters. The number of aryl methyl sites for hydroxylation is 1. The molecule has 0 aliphatic rings. The van der Waals surface area contributed by atoms with Crippen LogP contribution in [0.15, 0.2) is 67.4 Å². The van der Waals surface area contributed by atoms with Crippen molar-refractivity contribution in [2.24, 2.45) is 0 Å². The van der Waals surface area contributed by atoms with Crippen molar-refractivity contribution in [3.8, 4) is 11.4 Å². The summed E-state index contributed by atoms with van der Waals surface area (Å²) in [5.41, 5.74) is 3.90. The molecule has 0 amide bonds. The van der Waals surface area contributed by atoms with Crippen LogP contribution in [0.4, 0.5) is 11.6 Å². The smallest absolute Gasteiger partial charge is 0.246 e. The third kappa shape index (κ3) is 3.59. The van der Waals surface area contributed by atoms with E-state index >= 15 is 0 Å². The molecule has 2 aromatic heterocycles. The van der Waals surface area contributed by atoms with Gasteiger partial charge in [-0.1, -0.05) is 30.3 Å². The van der Waals surface area contributed by atoms with E-state index in [-0.39, 0.29) is 6.04 Å². The largest absolute Gasteiger partial charge is 0.494 e. The number of hydrogen-bond acceptors (Lipinski definition) is 5. The van der Waals surface area contributed by atoms with E-state index in [0.717, 1.165) is 22.8 Å². The van der Waals surface area contributed by atoms with Crippen molar-refractivity contribution >= 4 is 11.6 Å². The number of ether oxygens (including phenoxy) is 1. The van der Waals surface area contributed by atoms with Gasteiger partial charge >= 0.3 is 0 Å². The van der Waals surface area contributed by atoms with Crippen molar-refractivity contribution in [1.82, 2.24) is 24.3 Å². The Morgan fingerprint density at radius 3 is 2.57 bits per heavy atom. The Bertz CT molecular complexity index is 1070. The number of rotatable bonds is 6. The van der Waals surface area contributed by atoms with Gasteiger partial charge in [0.2, 0.25) is 5.95 Å². The predicted molar refractivity (Wildman–Crippen MR) is 108 cm³/mol. The maximum absolute atomic E-state index is 5.55. The Balaban J connectivity index is 1.54. The lowest BCUT2D eigenvalue weighted by molar-refractivity contribution is 0.413. The second-order valence-corrected chi connectivity index (χ2v) is 6.57.